The molecule has 0 radical (unpaired) electrons. The summed E-state index contributed by atoms with van der Waals surface area (Å²) in [4.78, 5) is 2.04. The van der Waals surface area contributed by atoms with E-state index in [4.69, 9.17) is 5.73 Å². The van der Waals surface area contributed by atoms with Crippen molar-refractivity contribution < 1.29 is 8.42 Å². The van der Waals surface area contributed by atoms with E-state index in [-0.39, 0.29) is 0 Å². The fraction of sp³-hybridized carbons (Fsp3) is 0.455. The Kier molecular flexibility index (Phi) is 4.88. The van der Waals surface area contributed by atoms with Gasteiger partial charge in [-0.2, -0.15) is 4.31 Å². The smallest absolute Gasteiger partial charge is 0.244 e. The Morgan fingerprint density at radius 3 is 2.65 bits per heavy atom. The van der Waals surface area contributed by atoms with Gasteiger partial charge in [-0.15, -0.1) is 17.9 Å². The zero-order valence-electron chi connectivity index (χ0n) is 10.1. The highest BCUT2D eigenvalue weighted by Gasteiger charge is 2.25. The third-order valence-corrected chi connectivity index (χ3v) is 5.70. The summed E-state index contributed by atoms with van der Waals surface area (Å²) in [5.41, 5.74) is 5.53. The van der Waals surface area contributed by atoms with Gasteiger partial charge in [0, 0.05) is 29.4 Å². The molecule has 0 aromatic carbocycles. The molecule has 0 saturated carbocycles. The molecule has 0 saturated heterocycles. The van der Waals surface area contributed by atoms with Crippen molar-refractivity contribution in [1.29, 1.82) is 0 Å². The van der Waals surface area contributed by atoms with Crippen LogP contribution in [0.1, 0.15) is 16.7 Å². The molecule has 1 aromatic rings. The van der Waals surface area contributed by atoms with Crippen molar-refractivity contribution in [3.8, 4) is 0 Å². The van der Waals surface area contributed by atoms with Crippen molar-refractivity contribution in [3.63, 3.8) is 0 Å². The number of hydrogen-bond donors (Lipinski definition) is 1. The fourth-order valence-corrected chi connectivity index (χ4v) is 4.46. The Balaban J connectivity index is 3.19. The highest BCUT2D eigenvalue weighted by molar-refractivity contribution is 7.89. The molecule has 0 spiro atoms. The van der Waals surface area contributed by atoms with Gasteiger partial charge in [0.25, 0.3) is 0 Å². The number of nitrogens with zero attached hydrogens (tertiary/aromatic N) is 1. The van der Waals surface area contributed by atoms with Gasteiger partial charge >= 0.3 is 0 Å². The number of likely N-dealkylation sites (N-methyl/N-ethyl adjacent to an activating group) is 1. The topological polar surface area (TPSA) is 63.4 Å². The zero-order chi connectivity index (χ0) is 13.1. The molecule has 0 aliphatic carbocycles. The molecular weight excluding hydrogens is 256 g/mol. The molecule has 0 fully saturated rings. The summed E-state index contributed by atoms with van der Waals surface area (Å²) in [6.45, 7) is 8.32. The largest absolute Gasteiger partial charge is 0.326 e. The number of sulfonamides is 1. The van der Waals surface area contributed by atoms with Crippen molar-refractivity contribution in [2.75, 3.05) is 13.1 Å². The summed E-state index contributed by atoms with van der Waals surface area (Å²) >= 11 is 1.43. The standard InChI is InChI=1S/C11H18N2O2S2/c1-4-6-13(5-2)17(14,15)11-7-10(8-12)16-9(11)3/h4,7H,1,5-6,8,12H2,2-3H3. The first-order valence-corrected chi connectivity index (χ1v) is 7.63. The van der Waals surface area contributed by atoms with Crippen LogP contribution in [-0.4, -0.2) is 25.8 Å². The van der Waals surface area contributed by atoms with Crippen LogP contribution in [0.15, 0.2) is 23.6 Å². The molecule has 2 N–H and O–H groups in total. The number of thiophene rings is 1. The van der Waals surface area contributed by atoms with E-state index in [0.717, 1.165) is 9.75 Å². The highest BCUT2D eigenvalue weighted by Crippen LogP contribution is 2.27. The van der Waals surface area contributed by atoms with Crippen molar-refractivity contribution in [2.45, 2.75) is 25.3 Å². The van der Waals surface area contributed by atoms with Gasteiger partial charge in [-0.25, -0.2) is 8.42 Å². The second-order valence-corrected chi connectivity index (χ2v) is 6.83. The van der Waals surface area contributed by atoms with Crippen molar-refractivity contribution in [3.05, 3.63) is 28.5 Å². The zero-order valence-corrected chi connectivity index (χ0v) is 11.8. The molecule has 0 unspecified atom stereocenters. The molecule has 17 heavy (non-hydrogen) atoms. The van der Waals surface area contributed by atoms with Gasteiger partial charge < -0.3 is 5.73 Å². The van der Waals surface area contributed by atoms with Gasteiger partial charge in [-0.1, -0.05) is 13.0 Å². The Morgan fingerprint density at radius 2 is 2.24 bits per heavy atom. The van der Waals surface area contributed by atoms with E-state index in [2.05, 4.69) is 6.58 Å². The fourth-order valence-electron chi connectivity index (χ4n) is 1.56. The Morgan fingerprint density at radius 1 is 1.59 bits per heavy atom. The van der Waals surface area contributed by atoms with E-state index in [0.29, 0.717) is 24.5 Å². The normalized spacial score (nSPS) is 12.0. The summed E-state index contributed by atoms with van der Waals surface area (Å²) in [6.07, 6.45) is 1.59. The molecule has 1 heterocycles. The average molecular weight is 274 g/mol. The van der Waals surface area contributed by atoms with Gasteiger partial charge in [-0.05, 0) is 13.0 Å². The van der Waals surface area contributed by atoms with Crippen LogP contribution in [0.3, 0.4) is 0 Å². The van der Waals surface area contributed by atoms with E-state index in [1.807, 2.05) is 6.92 Å². The first-order chi connectivity index (χ1) is 7.97. The first-order valence-electron chi connectivity index (χ1n) is 5.37. The van der Waals surface area contributed by atoms with E-state index in [1.54, 1.807) is 19.1 Å². The SMILES string of the molecule is C=CCN(CC)S(=O)(=O)c1cc(CN)sc1C. The van der Waals surface area contributed by atoms with Crippen LogP contribution in [0.5, 0.6) is 0 Å². The Hall–Kier alpha value is -0.690. The summed E-state index contributed by atoms with van der Waals surface area (Å²) < 4.78 is 26.1. The van der Waals surface area contributed by atoms with Crippen LogP contribution >= 0.6 is 11.3 Å². The molecule has 0 atom stereocenters. The molecule has 96 valence electrons. The van der Waals surface area contributed by atoms with Crippen LogP contribution in [0.2, 0.25) is 0 Å². The van der Waals surface area contributed by atoms with E-state index < -0.39 is 10.0 Å². The molecule has 0 bridgehead atoms. The van der Waals surface area contributed by atoms with Crippen molar-refractivity contribution in [1.82, 2.24) is 4.31 Å². The summed E-state index contributed by atoms with van der Waals surface area (Å²) in [7, 11) is -3.42. The molecule has 0 amide bonds. The molecule has 1 rings (SSSR count). The number of nitrogens with two attached hydrogens (primary N) is 1. The second kappa shape index (κ2) is 5.77. The lowest BCUT2D eigenvalue weighted by Crippen LogP contribution is -2.31. The molecule has 0 aliphatic heterocycles. The molecule has 0 aliphatic rings. The highest BCUT2D eigenvalue weighted by atomic mass is 32.2. The quantitative estimate of drug-likeness (QED) is 0.803. The maximum atomic E-state index is 12.3. The maximum absolute atomic E-state index is 12.3. The van der Waals surface area contributed by atoms with Crippen molar-refractivity contribution in [2.24, 2.45) is 5.73 Å². The van der Waals surface area contributed by atoms with Crippen LogP contribution in [0, 0.1) is 6.92 Å². The minimum absolute atomic E-state index is 0.325. The van der Waals surface area contributed by atoms with Gasteiger partial charge in [0.2, 0.25) is 10.0 Å². The lowest BCUT2D eigenvalue weighted by molar-refractivity contribution is 0.460. The number of hydrogen-bond acceptors (Lipinski definition) is 4. The molecule has 1 aromatic heterocycles. The lowest BCUT2D eigenvalue weighted by Gasteiger charge is -2.18. The van der Waals surface area contributed by atoms with Crippen molar-refractivity contribution >= 4 is 21.4 Å². The summed E-state index contributed by atoms with van der Waals surface area (Å²) in [5.74, 6) is 0. The van der Waals surface area contributed by atoms with Gasteiger partial charge in [-0.3, -0.25) is 0 Å². The molecular formula is C11H18N2O2S2. The van der Waals surface area contributed by atoms with E-state index >= 15 is 0 Å². The third-order valence-electron chi connectivity index (χ3n) is 2.43. The Bertz CT molecular complexity index is 492. The molecule has 4 nitrogen and oxygen atoms in total. The number of aryl methyl sites for hydroxylation is 1. The monoisotopic (exact) mass is 274 g/mol. The predicted molar refractivity (Wildman–Crippen MR) is 71.6 cm³/mol. The van der Waals surface area contributed by atoms with Crippen LogP contribution in [-0.2, 0) is 16.6 Å². The third kappa shape index (κ3) is 2.95. The Labute approximate surface area is 107 Å². The summed E-state index contributed by atoms with van der Waals surface area (Å²) in [6, 6.07) is 1.67. The van der Waals surface area contributed by atoms with Crippen LogP contribution in [0.4, 0.5) is 0 Å². The van der Waals surface area contributed by atoms with Crippen LogP contribution < -0.4 is 5.73 Å². The van der Waals surface area contributed by atoms with E-state index in [1.165, 1.54) is 15.6 Å². The van der Waals surface area contributed by atoms with Crippen LogP contribution in [0.25, 0.3) is 0 Å². The maximum Gasteiger partial charge on any atom is 0.244 e. The number of rotatable bonds is 6. The minimum Gasteiger partial charge on any atom is -0.326 e. The average Bonchev–Trinajstić information content (AvgIpc) is 2.67. The van der Waals surface area contributed by atoms with Gasteiger partial charge in [0.05, 0.1) is 4.90 Å². The minimum atomic E-state index is -3.42. The van der Waals surface area contributed by atoms with E-state index in [9.17, 15) is 8.42 Å². The summed E-state index contributed by atoms with van der Waals surface area (Å²) in [5, 5.41) is 0. The van der Waals surface area contributed by atoms with Gasteiger partial charge in [0.1, 0.15) is 0 Å². The first kappa shape index (κ1) is 14.4. The predicted octanol–water partition coefficient (Wildman–Crippen LogP) is 1.71. The molecule has 6 heteroatoms. The second-order valence-electron chi connectivity index (χ2n) is 3.58. The lowest BCUT2D eigenvalue weighted by atomic mass is 10.4. The van der Waals surface area contributed by atoms with Gasteiger partial charge in [0.15, 0.2) is 0 Å².